The summed E-state index contributed by atoms with van der Waals surface area (Å²) in [4.78, 5) is 11.4. The summed E-state index contributed by atoms with van der Waals surface area (Å²) in [6, 6.07) is 6.08. The lowest BCUT2D eigenvalue weighted by Crippen LogP contribution is -2.08. The Balaban J connectivity index is 1.38. The normalized spacial score (nSPS) is 15.3. The minimum atomic E-state index is 0.303. The van der Waals surface area contributed by atoms with Crippen LogP contribution < -0.4 is 14.8 Å². The number of rotatable bonds is 4. The van der Waals surface area contributed by atoms with Crippen LogP contribution in [-0.2, 0) is 19.3 Å². The molecule has 0 radical (unpaired) electrons. The molecular formula is C19H18ClN3O2S. The van der Waals surface area contributed by atoms with Gasteiger partial charge in [0.15, 0.2) is 11.5 Å². The lowest BCUT2D eigenvalue weighted by atomic mass is 9.97. The van der Waals surface area contributed by atoms with Gasteiger partial charge in [-0.25, -0.2) is 9.97 Å². The van der Waals surface area contributed by atoms with Gasteiger partial charge in [0.25, 0.3) is 0 Å². The number of thiophene rings is 1. The number of nitrogens with one attached hydrogen (secondary N) is 1. The number of benzene rings is 1. The van der Waals surface area contributed by atoms with Gasteiger partial charge >= 0.3 is 0 Å². The Hall–Kier alpha value is -2.05. The van der Waals surface area contributed by atoms with Crippen LogP contribution >= 0.6 is 22.9 Å². The van der Waals surface area contributed by atoms with Crippen molar-refractivity contribution in [3.63, 3.8) is 0 Å². The Bertz CT molecular complexity index is 989. The SMILES string of the molecule is Clc1nc(NCCc2ccc3c(c2)OCO3)c2c3c(sc2n1)CCCC3. The van der Waals surface area contributed by atoms with Crippen molar-refractivity contribution in [2.45, 2.75) is 32.1 Å². The van der Waals surface area contributed by atoms with Crippen molar-refractivity contribution in [2.24, 2.45) is 0 Å². The molecule has 1 N–H and O–H groups in total. The number of hydrogen-bond donors (Lipinski definition) is 1. The van der Waals surface area contributed by atoms with Gasteiger partial charge in [0.2, 0.25) is 12.1 Å². The van der Waals surface area contributed by atoms with Crippen molar-refractivity contribution >= 4 is 39.0 Å². The van der Waals surface area contributed by atoms with E-state index in [2.05, 4.69) is 21.4 Å². The summed E-state index contributed by atoms with van der Waals surface area (Å²) in [7, 11) is 0. The Kier molecular flexibility index (Phi) is 4.10. The first-order valence-corrected chi connectivity index (χ1v) is 10.1. The van der Waals surface area contributed by atoms with Crippen LogP contribution in [0.4, 0.5) is 5.82 Å². The highest BCUT2D eigenvalue weighted by Gasteiger charge is 2.21. The maximum absolute atomic E-state index is 6.16. The second-order valence-corrected chi connectivity index (χ2v) is 8.02. The number of aromatic nitrogens is 2. The van der Waals surface area contributed by atoms with Gasteiger partial charge in [-0.2, -0.15) is 0 Å². The molecule has 5 nitrogen and oxygen atoms in total. The van der Waals surface area contributed by atoms with Crippen molar-refractivity contribution in [3.8, 4) is 11.5 Å². The predicted octanol–water partition coefficient (Wildman–Crippen LogP) is 4.61. The molecule has 7 heteroatoms. The summed E-state index contributed by atoms with van der Waals surface area (Å²) < 4.78 is 10.8. The van der Waals surface area contributed by atoms with Crippen LogP contribution in [0.1, 0.15) is 28.8 Å². The van der Waals surface area contributed by atoms with Crippen LogP contribution in [-0.4, -0.2) is 23.3 Å². The van der Waals surface area contributed by atoms with Crippen LogP contribution in [0.25, 0.3) is 10.2 Å². The zero-order chi connectivity index (χ0) is 17.5. The van der Waals surface area contributed by atoms with Gasteiger partial charge in [0.1, 0.15) is 10.6 Å². The highest BCUT2D eigenvalue weighted by atomic mass is 35.5. The van der Waals surface area contributed by atoms with E-state index in [9.17, 15) is 0 Å². The molecule has 0 bridgehead atoms. The molecule has 2 aromatic heterocycles. The van der Waals surface area contributed by atoms with Crippen molar-refractivity contribution in [1.29, 1.82) is 0 Å². The van der Waals surface area contributed by atoms with Gasteiger partial charge < -0.3 is 14.8 Å². The molecule has 0 unspecified atom stereocenters. The van der Waals surface area contributed by atoms with Gasteiger partial charge in [-0.3, -0.25) is 0 Å². The first kappa shape index (κ1) is 16.1. The third-order valence-corrected chi connectivity index (χ3v) is 6.29. The molecule has 134 valence electrons. The number of ether oxygens (including phenoxy) is 2. The summed E-state index contributed by atoms with van der Waals surface area (Å²) in [6.45, 7) is 1.07. The molecule has 1 aliphatic carbocycles. The Morgan fingerprint density at radius 2 is 2.00 bits per heavy atom. The van der Waals surface area contributed by atoms with Crippen molar-refractivity contribution < 1.29 is 9.47 Å². The minimum Gasteiger partial charge on any atom is -0.454 e. The first-order valence-electron chi connectivity index (χ1n) is 8.88. The molecule has 0 amide bonds. The fraction of sp³-hybridized carbons (Fsp3) is 0.368. The smallest absolute Gasteiger partial charge is 0.231 e. The van der Waals surface area contributed by atoms with Crippen molar-refractivity contribution in [3.05, 3.63) is 39.5 Å². The van der Waals surface area contributed by atoms with Crippen LogP contribution in [0.2, 0.25) is 5.28 Å². The highest BCUT2D eigenvalue weighted by Crippen LogP contribution is 2.39. The Morgan fingerprint density at radius 1 is 1.12 bits per heavy atom. The molecule has 0 atom stereocenters. The number of nitrogens with zero attached hydrogens (tertiary/aromatic N) is 2. The van der Waals surface area contributed by atoms with E-state index in [-0.39, 0.29) is 0 Å². The van der Waals surface area contributed by atoms with E-state index in [1.807, 2.05) is 12.1 Å². The zero-order valence-electron chi connectivity index (χ0n) is 14.2. The molecule has 0 spiro atoms. The first-order chi connectivity index (χ1) is 12.8. The van der Waals surface area contributed by atoms with E-state index < -0.39 is 0 Å². The van der Waals surface area contributed by atoms with E-state index in [0.29, 0.717) is 12.1 Å². The lowest BCUT2D eigenvalue weighted by molar-refractivity contribution is 0.174. The molecular weight excluding hydrogens is 370 g/mol. The quantitative estimate of drug-likeness (QED) is 0.662. The fourth-order valence-electron chi connectivity index (χ4n) is 3.68. The number of anilines is 1. The maximum atomic E-state index is 6.16. The average molecular weight is 388 g/mol. The fourth-order valence-corrected chi connectivity index (χ4v) is 5.16. The summed E-state index contributed by atoms with van der Waals surface area (Å²) >= 11 is 7.93. The highest BCUT2D eigenvalue weighted by molar-refractivity contribution is 7.19. The average Bonchev–Trinajstić information content (AvgIpc) is 3.24. The second kappa shape index (κ2) is 6.59. The number of aryl methyl sites for hydroxylation is 2. The van der Waals surface area contributed by atoms with E-state index in [0.717, 1.165) is 48.0 Å². The van der Waals surface area contributed by atoms with E-state index in [1.54, 1.807) is 11.3 Å². The number of hydrogen-bond acceptors (Lipinski definition) is 6. The van der Waals surface area contributed by atoms with Gasteiger partial charge in [-0.15, -0.1) is 11.3 Å². The van der Waals surface area contributed by atoms with Crippen molar-refractivity contribution in [1.82, 2.24) is 9.97 Å². The standard InChI is InChI=1S/C19H18ClN3O2S/c20-19-22-17(16-12-3-1-2-4-15(12)26-18(16)23-19)21-8-7-11-5-6-13-14(9-11)25-10-24-13/h5-6,9H,1-4,7-8,10H2,(H,21,22,23). The van der Waals surface area contributed by atoms with Gasteiger partial charge in [0, 0.05) is 11.4 Å². The van der Waals surface area contributed by atoms with Gasteiger partial charge in [0.05, 0.1) is 5.39 Å². The van der Waals surface area contributed by atoms with Crippen LogP contribution in [0.5, 0.6) is 11.5 Å². The predicted molar refractivity (Wildman–Crippen MR) is 104 cm³/mol. The minimum absolute atomic E-state index is 0.303. The van der Waals surface area contributed by atoms with Crippen molar-refractivity contribution in [2.75, 3.05) is 18.7 Å². The third-order valence-electron chi connectivity index (χ3n) is 4.93. The summed E-state index contributed by atoms with van der Waals surface area (Å²) in [5.74, 6) is 2.50. The molecule has 0 fully saturated rings. The monoisotopic (exact) mass is 387 g/mol. The molecule has 1 aromatic carbocycles. The Labute approximate surface area is 160 Å². The van der Waals surface area contributed by atoms with Gasteiger partial charge in [-0.1, -0.05) is 6.07 Å². The summed E-state index contributed by atoms with van der Waals surface area (Å²) in [6.07, 6.45) is 5.61. The largest absolute Gasteiger partial charge is 0.454 e. The van der Waals surface area contributed by atoms with Gasteiger partial charge in [-0.05, 0) is 67.0 Å². The second-order valence-electron chi connectivity index (χ2n) is 6.60. The molecule has 3 heterocycles. The van der Waals surface area contributed by atoms with E-state index >= 15 is 0 Å². The molecule has 2 aliphatic rings. The summed E-state index contributed by atoms with van der Waals surface area (Å²) in [5, 5.41) is 4.95. The third kappa shape index (κ3) is 2.87. The van der Waals surface area contributed by atoms with E-state index in [4.69, 9.17) is 21.1 Å². The zero-order valence-corrected chi connectivity index (χ0v) is 15.8. The molecule has 3 aromatic rings. The molecule has 1 aliphatic heterocycles. The lowest BCUT2D eigenvalue weighted by Gasteiger charge is -2.13. The number of halogens is 1. The van der Waals surface area contributed by atoms with Crippen LogP contribution in [0, 0.1) is 0 Å². The Morgan fingerprint density at radius 3 is 2.96 bits per heavy atom. The maximum Gasteiger partial charge on any atom is 0.231 e. The molecule has 26 heavy (non-hydrogen) atoms. The molecule has 0 saturated heterocycles. The van der Waals surface area contributed by atoms with Crippen LogP contribution in [0.15, 0.2) is 18.2 Å². The van der Waals surface area contributed by atoms with Crippen LogP contribution in [0.3, 0.4) is 0 Å². The van der Waals surface area contributed by atoms with E-state index in [1.165, 1.54) is 34.2 Å². The molecule has 5 rings (SSSR count). The topological polar surface area (TPSA) is 56.3 Å². The summed E-state index contributed by atoms with van der Waals surface area (Å²) in [5.41, 5.74) is 2.61. The molecule has 0 saturated carbocycles. The number of fused-ring (bicyclic) bond motifs is 4.